The van der Waals surface area contributed by atoms with Crippen molar-refractivity contribution in [1.29, 1.82) is 5.26 Å². The van der Waals surface area contributed by atoms with E-state index in [0.29, 0.717) is 17.9 Å². The maximum atomic E-state index is 9.20. The van der Waals surface area contributed by atoms with Gasteiger partial charge in [0.2, 0.25) is 0 Å². The number of halogens is 1. The van der Waals surface area contributed by atoms with E-state index >= 15 is 0 Å². The van der Waals surface area contributed by atoms with Crippen LogP contribution in [0.3, 0.4) is 0 Å². The van der Waals surface area contributed by atoms with Crippen LogP contribution in [0.25, 0.3) is 11.0 Å². The number of thiophene rings is 1. The first-order valence-electron chi connectivity index (χ1n) is 6.30. The van der Waals surface area contributed by atoms with Gasteiger partial charge in [-0.3, -0.25) is 0 Å². The third kappa shape index (κ3) is 2.31. The lowest BCUT2D eigenvalue weighted by atomic mass is 10.2. The van der Waals surface area contributed by atoms with Crippen LogP contribution in [-0.2, 0) is 13.0 Å². The molecule has 1 aromatic carbocycles. The molecule has 0 aliphatic heterocycles. The highest BCUT2D eigenvalue weighted by Gasteiger charge is 2.13. The molecule has 0 amide bonds. The lowest BCUT2D eigenvalue weighted by molar-refractivity contribution is 0.763. The second-order valence-corrected chi connectivity index (χ2v) is 5.83. The molecule has 0 aliphatic rings. The van der Waals surface area contributed by atoms with E-state index in [1.54, 1.807) is 17.4 Å². The molecule has 20 heavy (non-hydrogen) atoms. The topological polar surface area (TPSA) is 41.6 Å². The van der Waals surface area contributed by atoms with Gasteiger partial charge in [0.25, 0.3) is 0 Å². The van der Waals surface area contributed by atoms with Crippen molar-refractivity contribution in [3.63, 3.8) is 0 Å². The maximum Gasteiger partial charge on any atom is 0.111 e. The number of hydrogen-bond donors (Lipinski definition) is 0. The monoisotopic (exact) mass is 301 g/mol. The number of para-hydroxylation sites is 1. The molecular formula is C15H12ClN3S. The summed E-state index contributed by atoms with van der Waals surface area (Å²) >= 11 is 7.60. The first-order valence-corrected chi connectivity index (χ1v) is 7.71. The molecule has 5 heteroatoms. The number of fused-ring (bicyclic) bond motifs is 1. The molecule has 2 aromatic heterocycles. The van der Waals surface area contributed by atoms with Gasteiger partial charge in [0.1, 0.15) is 17.4 Å². The van der Waals surface area contributed by atoms with Crippen molar-refractivity contribution in [1.82, 2.24) is 9.55 Å². The number of nitriles is 1. The van der Waals surface area contributed by atoms with Crippen molar-refractivity contribution in [2.24, 2.45) is 0 Å². The zero-order chi connectivity index (χ0) is 13.9. The van der Waals surface area contributed by atoms with Crippen LogP contribution in [-0.4, -0.2) is 15.4 Å². The summed E-state index contributed by atoms with van der Waals surface area (Å²) < 4.78 is 2.16. The minimum Gasteiger partial charge on any atom is -0.323 e. The molecule has 0 bridgehead atoms. The molecule has 0 saturated carbocycles. The van der Waals surface area contributed by atoms with Gasteiger partial charge in [0, 0.05) is 17.2 Å². The Labute approximate surface area is 126 Å². The summed E-state index contributed by atoms with van der Waals surface area (Å²) in [6.45, 7) is 0.773. The number of aryl methyl sites for hydroxylation is 1. The number of rotatable bonds is 4. The molecule has 0 spiro atoms. The van der Waals surface area contributed by atoms with Crippen molar-refractivity contribution >= 4 is 34.0 Å². The molecule has 0 saturated heterocycles. The highest BCUT2D eigenvalue weighted by Crippen LogP contribution is 2.23. The molecule has 0 radical (unpaired) electrons. The van der Waals surface area contributed by atoms with Crippen molar-refractivity contribution in [2.45, 2.75) is 13.0 Å². The van der Waals surface area contributed by atoms with Crippen molar-refractivity contribution in [3.05, 3.63) is 52.0 Å². The quantitative estimate of drug-likeness (QED) is 0.688. The summed E-state index contributed by atoms with van der Waals surface area (Å²) in [5.41, 5.74) is 2.38. The van der Waals surface area contributed by atoms with Crippen molar-refractivity contribution in [3.8, 4) is 6.07 Å². The standard InChI is InChI=1S/C15H12ClN3S/c16-7-6-14-18-15-11(9-17)3-1-5-13(15)19(14)10-12-4-2-8-20-12/h1-5,8H,6-7,10H2. The van der Waals surface area contributed by atoms with Crippen LogP contribution in [0.15, 0.2) is 35.7 Å². The molecule has 0 unspecified atom stereocenters. The van der Waals surface area contributed by atoms with Crippen LogP contribution in [0, 0.1) is 11.3 Å². The highest BCUT2D eigenvalue weighted by molar-refractivity contribution is 7.09. The van der Waals surface area contributed by atoms with E-state index in [4.69, 9.17) is 11.6 Å². The second kappa shape index (κ2) is 5.66. The lowest BCUT2D eigenvalue weighted by Gasteiger charge is -2.06. The Morgan fingerprint density at radius 1 is 1.30 bits per heavy atom. The average Bonchev–Trinajstić information content (AvgIpc) is 3.08. The van der Waals surface area contributed by atoms with Crippen LogP contribution >= 0.6 is 22.9 Å². The smallest absolute Gasteiger partial charge is 0.111 e. The van der Waals surface area contributed by atoms with Gasteiger partial charge < -0.3 is 4.57 Å². The van der Waals surface area contributed by atoms with E-state index in [-0.39, 0.29) is 0 Å². The van der Waals surface area contributed by atoms with Gasteiger partial charge >= 0.3 is 0 Å². The van der Waals surface area contributed by atoms with E-state index in [9.17, 15) is 5.26 Å². The molecule has 0 aliphatic carbocycles. The molecule has 100 valence electrons. The predicted molar refractivity (Wildman–Crippen MR) is 82.3 cm³/mol. The zero-order valence-corrected chi connectivity index (χ0v) is 12.3. The predicted octanol–water partition coefficient (Wildman–Crippen LogP) is 3.80. The second-order valence-electron chi connectivity index (χ2n) is 4.42. The Balaban J connectivity index is 2.17. The normalized spacial score (nSPS) is 10.8. The maximum absolute atomic E-state index is 9.20. The minimum atomic E-state index is 0.523. The van der Waals surface area contributed by atoms with E-state index < -0.39 is 0 Å². The van der Waals surface area contributed by atoms with Crippen LogP contribution in [0.5, 0.6) is 0 Å². The fourth-order valence-corrected chi connectivity index (χ4v) is 3.16. The van der Waals surface area contributed by atoms with Crippen LogP contribution < -0.4 is 0 Å². The summed E-state index contributed by atoms with van der Waals surface area (Å²) in [7, 11) is 0. The molecule has 0 N–H and O–H groups in total. The molecule has 3 rings (SSSR count). The SMILES string of the molecule is N#Cc1cccc2c1nc(CCCl)n2Cc1cccs1. The van der Waals surface area contributed by atoms with E-state index in [2.05, 4.69) is 27.1 Å². The molecule has 3 aromatic rings. The largest absolute Gasteiger partial charge is 0.323 e. The Kier molecular flexibility index (Phi) is 3.72. The van der Waals surface area contributed by atoms with Gasteiger partial charge in [-0.1, -0.05) is 12.1 Å². The average molecular weight is 302 g/mol. The van der Waals surface area contributed by atoms with Gasteiger partial charge in [-0.25, -0.2) is 4.98 Å². The summed E-state index contributed by atoms with van der Waals surface area (Å²) in [6, 6.07) is 12.1. The number of imidazole rings is 1. The number of nitrogens with zero attached hydrogens (tertiary/aromatic N) is 3. The molecular weight excluding hydrogens is 290 g/mol. The first-order chi connectivity index (χ1) is 9.83. The Morgan fingerprint density at radius 3 is 2.90 bits per heavy atom. The Morgan fingerprint density at radius 2 is 2.20 bits per heavy atom. The first kappa shape index (κ1) is 13.2. The summed E-state index contributed by atoms with van der Waals surface area (Å²) in [6.07, 6.45) is 0.701. The van der Waals surface area contributed by atoms with Gasteiger partial charge in [0.05, 0.1) is 17.6 Å². The van der Waals surface area contributed by atoms with Gasteiger partial charge in [-0.15, -0.1) is 22.9 Å². The number of benzene rings is 1. The summed E-state index contributed by atoms with van der Waals surface area (Å²) in [5.74, 6) is 1.46. The molecule has 0 fully saturated rings. The van der Waals surface area contributed by atoms with Crippen LogP contribution in [0.1, 0.15) is 16.3 Å². The van der Waals surface area contributed by atoms with Crippen LogP contribution in [0.4, 0.5) is 0 Å². The zero-order valence-electron chi connectivity index (χ0n) is 10.7. The summed E-state index contributed by atoms with van der Waals surface area (Å²) in [5, 5.41) is 11.3. The van der Waals surface area contributed by atoms with Crippen LogP contribution in [0.2, 0.25) is 0 Å². The van der Waals surface area contributed by atoms with Gasteiger partial charge in [-0.05, 0) is 23.6 Å². The van der Waals surface area contributed by atoms with E-state index in [0.717, 1.165) is 23.4 Å². The molecule has 0 atom stereocenters. The van der Waals surface area contributed by atoms with E-state index in [1.165, 1.54) is 4.88 Å². The summed E-state index contributed by atoms with van der Waals surface area (Å²) in [4.78, 5) is 5.88. The van der Waals surface area contributed by atoms with Crippen molar-refractivity contribution in [2.75, 3.05) is 5.88 Å². The number of hydrogen-bond acceptors (Lipinski definition) is 3. The number of aromatic nitrogens is 2. The fourth-order valence-electron chi connectivity index (χ4n) is 2.30. The number of alkyl halides is 1. The minimum absolute atomic E-state index is 0.523. The molecule has 3 nitrogen and oxygen atoms in total. The Hall–Kier alpha value is -1.83. The van der Waals surface area contributed by atoms with E-state index in [1.807, 2.05) is 18.2 Å². The Bertz CT molecular complexity index is 768. The van der Waals surface area contributed by atoms with Gasteiger partial charge in [-0.2, -0.15) is 5.26 Å². The van der Waals surface area contributed by atoms with Gasteiger partial charge in [0.15, 0.2) is 0 Å². The third-order valence-corrected chi connectivity index (χ3v) is 4.24. The highest BCUT2D eigenvalue weighted by atomic mass is 35.5. The van der Waals surface area contributed by atoms with Crippen molar-refractivity contribution < 1.29 is 0 Å². The third-order valence-electron chi connectivity index (χ3n) is 3.19. The molecule has 2 heterocycles. The fraction of sp³-hybridized carbons (Fsp3) is 0.200. The lowest BCUT2D eigenvalue weighted by Crippen LogP contribution is -2.04.